The Labute approximate surface area is 118 Å². The van der Waals surface area contributed by atoms with Gasteiger partial charge in [0.2, 0.25) is 10.0 Å². The van der Waals surface area contributed by atoms with Crippen molar-refractivity contribution < 1.29 is 21.9 Å². The van der Waals surface area contributed by atoms with Crippen molar-refractivity contribution in [3.63, 3.8) is 0 Å². The van der Waals surface area contributed by atoms with E-state index in [4.69, 9.17) is 9.88 Å². The molecule has 0 spiro atoms. The summed E-state index contributed by atoms with van der Waals surface area (Å²) in [5, 5.41) is 4.92. The molecule has 0 saturated heterocycles. The molecule has 1 aromatic rings. The highest BCUT2D eigenvalue weighted by atomic mass is 32.2. The normalized spacial score (nSPS) is 11.6. The van der Waals surface area contributed by atoms with Crippen molar-refractivity contribution >= 4 is 10.0 Å². The molecule has 0 radical (unpaired) electrons. The zero-order valence-electron chi connectivity index (χ0n) is 11.4. The lowest BCUT2D eigenvalue weighted by molar-refractivity contribution is 0.281. The molecule has 1 rings (SSSR count). The molecule has 0 bridgehead atoms. The molecule has 0 amide bonds. The topological polar surface area (TPSA) is 69.4 Å². The van der Waals surface area contributed by atoms with E-state index in [0.717, 1.165) is 25.7 Å². The molecule has 2 N–H and O–H groups in total. The van der Waals surface area contributed by atoms with Crippen molar-refractivity contribution in [1.29, 1.82) is 0 Å². The molecule has 0 aliphatic heterocycles. The van der Waals surface area contributed by atoms with Crippen molar-refractivity contribution in [2.75, 3.05) is 6.61 Å². The Bertz CT molecular complexity index is 547. The summed E-state index contributed by atoms with van der Waals surface area (Å²) in [5.74, 6) is -2.59. The average molecular weight is 307 g/mol. The lowest BCUT2D eigenvalue weighted by Gasteiger charge is -2.11. The molecular formula is C13H19F2NO3S. The van der Waals surface area contributed by atoms with Crippen LogP contribution < -0.4 is 9.88 Å². The number of nitrogens with two attached hydrogens (primary N) is 1. The summed E-state index contributed by atoms with van der Waals surface area (Å²) >= 11 is 0. The summed E-state index contributed by atoms with van der Waals surface area (Å²) in [7, 11) is -4.23. The highest BCUT2D eigenvalue weighted by molar-refractivity contribution is 7.89. The molecule has 0 atom stereocenters. The van der Waals surface area contributed by atoms with Gasteiger partial charge in [0.1, 0.15) is 10.7 Å². The third kappa shape index (κ3) is 5.05. The van der Waals surface area contributed by atoms with Gasteiger partial charge in [0.05, 0.1) is 6.61 Å². The van der Waals surface area contributed by atoms with Gasteiger partial charge >= 0.3 is 0 Å². The number of halogens is 2. The van der Waals surface area contributed by atoms with Crippen LogP contribution in [-0.4, -0.2) is 15.0 Å². The quantitative estimate of drug-likeness (QED) is 0.751. The minimum atomic E-state index is -4.23. The molecular weight excluding hydrogens is 288 g/mol. The first kappa shape index (κ1) is 16.8. The Balaban J connectivity index is 2.74. The van der Waals surface area contributed by atoms with Crippen LogP contribution in [0.5, 0.6) is 5.75 Å². The van der Waals surface area contributed by atoms with E-state index < -0.39 is 32.3 Å². The third-order valence-corrected chi connectivity index (χ3v) is 3.69. The SMILES string of the molecule is CCCCCCCOc1c(F)cc(F)cc1S(N)(=O)=O. The van der Waals surface area contributed by atoms with Crippen molar-refractivity contribution in [2.45, 2.75) is 43.9 Å². The van der Waals surface area contributed by atoms with Crippen molar-refractivity contribution in [3.05, 3.63) is 23.8 Å². The fourth-order valence-corrected chi connectivity index (χ4v) is 2.46. The molecule has 7 heteroatoms. The van der Waals surface area contributed by atoms with Gasteiger partial charge < -0.3 is 4.74 Å². The van der Waals surface area contributed by atoms with E-state index in [1.807, 2.05) is 0 Å². The predicted molar refractivity (Wildman–Crippen MR) is 72.0 cm³/mol. The first-order valence-electron chi connectivity index (χ1n) is 6.51. The second-order valence-corrected chi connectivity index (χ2v) is 6.05. The highest BCUT2D eigenvalue weighted by Gasteiger charge is 2.21. The summed E-state index contributed by atoms with van der Waals surface area (Å²) in [6.07, 6.45) is 4.81. The standard InChI is InChI=1S/C13H19F2NO3S/c1-2-3-4-5-6-7-19-13-11(15)8-10(14)9-12(13)20(16,17)18/h8-9H,2-7H2,1H3,(H2,16,17,18). The van der Waals surface area contributed by atoms with Gasteiger partial charge in [-0.3, -0.25) is 0 Å². The number of benzene rings is 1. The predicted octanol–water partition coefficient (Wildman–Crippen LogP) is 2.96. The van der Waals surface area contributed by atoms with Gasteiger partial charge in [-0.25, -0.2) is 22.3 Å². The van der Waals surface area contributed by atoms with Crippen LogP contribution in [0.15, 0.2) is 17.0 Å². The van der Waals surface area contributed by atoms with Gasteiger partial charge in [0.15, 0.2) is 11.6 Å². The molecule has 0 aliphatic carbocycles. The molecule has 0 aromatic heterocycles. The van der Waals surface area contributed by atoms with Crippen LogP contribution in [0.25, 0.3) is 0 Å². The van der Waals surface area contributed by atoms with Crippen LogP contribution in [0.1, 0.15) is 39.0 Å². The number of ether oxygens (including phenoxy) is 1. The molecule has 0 fully saturated rings. The molecule has 0 unspecified atom stereocenters. The molecule has 1 aromatic carbocycles. The number of primary sulfonamides is 1. The third-order valence-electron chi connectivity index (χ3n) is 2.78. The van der Waals surface area contributed by atoms with Crippen LogP contribution in [0, 0.1) is 11.6 Å². The van der Waals surface area contributed by atoms with Crippen LogP contribution in [0.3, 0.4) is 0 Å². The first-order chi connectivity index (χ1) is 9.36. The fraction of sp³-hybridized carbons (Fsp3) is 0.538. The molecule has 4 nitrogen and oxygen atoms in total. The lowest BCUT2D eigenvalue weighted by atomic mass is 10.2. The van der Waals surface area contributed by atoms with E-state index in [2.05, 4.69) is 6.92 Å². The van der Waals surface area contributed by atoms with E-state index in [1.54, 1.807) is 0 Å². The zero-order chi connectivity index (χ0) is 15.2. The summed E-state index contributed by atoms with van der Waals surface area (Å²) in [5.41, 5.74) is 0. The van der Waals surface area contributed by atoms with Crippen molar-refractivity contribution in [1.82, 2.24) is 0 Å². The summed E-state index contributed by atoms with van der Waals surface area (Å²) in [4.78, 5) is -0.663. The Morgan fingerprint density at radius 3 is 2.40 bits per heavy atom. The van der Waals surface area contributed by atoms with Gasteiger partial charge in [-0.2, -0.15) is 0 Å². The van der Waals surface area contributed by atoms with Gasteiger partial charge in [0.25, 0.3) is 0 Å². The van der Waals surface area contributed by atoms with Crippen LogP contribution >= 0.6 is 0 Å². The molecule has 20 heavy (non-hydrogen) atoms. The number of hydrogen-bond donors (Lipinski definition) is 1. The zero-order valence-corrected chi connectivity index (χ0v) is 12.2. The Kier molecular flexibility index (Phi) is 6.35. The number of unbranched alkanes of at least 4 members (excludes halogenated alkanes) is 4. The van der Waals surface area contributed by atoms with Gasteiger partial charge in [-0.05, 0) is 12.5 Å². The smallest absolute Gasteiger partial charge is 0.241 e. The van der Waals surface area contributed by atoms with Crippen LogP contribution in [0.2, 0.25) is 0 Å². The molecule has 0 saturated carbocycles. The monoisotopic (exact) mass is 307 g/mol. The second-order valence-electron chi connectivity index (χ2n) is 4.52. The maximum absolute atomic E-state index is 13.6. The maximum atomic E-state index is 13.6. The van der Waals surface area contributed by atoms with Crippen molar-refractivity contribution in [2.24, 2.45) is 5.14 Å². The fourth-order valence-electron chi connectivity index (χ4n) is 1.77. The van der Waals surface area contributed by atoms with E-state index in [-0.39, 0.29) is 6.61 Å². The van der Waals surface area contributed by atoms with Gasteiger partial charge in [0, 0.05) is 6.07 Å². The molecule has 114 valence electrons. The average Bonchev–Trinajstić information content (AvgIpc) is 2.34. The van der Waals surface area contributed by atoms with Gasteiger partial charge in [-0.1, -0.05) is 32.6 Å². The lowest BCUT2D eigenvalue weighted by Crippen LogP contribution is -2.15. The van der Waals surface area contributed by atoms with E-state index in [9.17, 15) is 17.2 Å². The van der Waals surface area contributed by atoms with Crippen LogP contribution in [0.4, 0.5) is 8.78 Å². The number of hydrogen-bond acceptors (Lipinski definition) is 3. The molecule has 0 heterocycles. The Hall–Kier alpha value is -1.21. The molecule has 0 aliphatic rings. The Morgan fingerprint density at radius 1 is 1.15 bits per heavy atom. The summed E-state index contributed by atoms with van der Waals surface area (Å²) < 4.78 is 54.4. The van der Waals surface area contributed by atoms with E-state index in [1.165, 1.54) is 0 Å². The maximum Gasteiger partial charge on any atom is 0.241 e. The summed E-state index contributed by atoms with van der Waals surface area (Å²) in [6.45, 7) is 2.25. The highest BCUT2D eigenvalue weighted by Crippen LogP contribution is 2.27. The number of rotatable bonds is 8. The minimum absolute atomic E-state index is 0.161. The largest absolute Gasteiger partial charge is 0.489 e. The second kappa shape index (κ2) is 7.54. The van der Waals surface area contributed by atoms with Crippen LogP contribution in [-0.2, 0) is 10.0 Å². The Morgan fingerprint density at radius 2 is 1.80 bits per heavy atom. The van der Waals surface area contributed by atoms with E-state index in [0.29, 0.717) is 18.6 Å². The van der Waals surface area contributed by atoms with E-state index >= 15 is 0 Å². The first-order valence-corrected chi connectivity index (χ1v) is 8.05. The van der Waals surface area contributed by atoms with Gasteiger partial charge in [-0.15, -0.1) is 0 Å². The van der Waals surface area contributed by atoms with Crippen molar-refractivity contribution in [3.8, 4) is 5.75 Å². The summed E-state index contributed by atoms with van der Waals surface area (Å²) in [6, 6.07) is 1.23. The number of sulfonamides is 1. The minimum Gasteiger partial charge on any atom is -0.489 e.